The smallest absolute Gasteiger partial charge is 0.225 e. The van der Waals surface area contributed by atoms with Crippen molar-refractivity contribution in [2.75, 3.05) is 5.73 Å². The Morgan fingerprint density at radius 1 is 1.29 bits per heavy atom. The molecule has 2 aromatic rings. The van der Waals surface area contributed by atoms with Crippen LogP contribution in [0, 0.1) is 0 Å². The third-order valence-corrected chi connectivity index (χ3v) is 2.24. The van der Waals surface area contributed by atoms with Crippen molar-refractivity contribution in [1.82, 2.24) is 9.97 Å². The molecule has 0 atom stereocenters. The van der Waals surface area contributed by atoms with Crippen molar-refractivity contribution in [3.8, 4) is 11.6 Å². The van der Waals surface area contributed by atoms with Gasteiger partial charge in [0, 0.05) is 11.6 Å². The lowest BCUT2D eigenvalue weighted by Gasteiger charge is -2.08. The standard InChI is InChI=1S/C11H10ClN3O2/c12-9-5-10(15-11(13)14-9)17-8-4-2-1-3-7(8)6-16/h1-5,16H,6H2,(H2,13,14,15). The van der Waals surface area contributed by atoms with Crippen LogP contribution < -0.4 is 10.5 Å². The Kier molecular flexibility index (Phi) is 3.41. The third kappa shape index (κ3) is 2.83. The number of hydrogen-bond acceptors (Lipinski definition) is 5. The predicted octanol–water partition coefficient (Wildman–Crippen LogP) is 2.00. The first-order valence-corrected chi connectivity index (χ1v) is 5.23. The lowest BCUT2D eigenvalue weighted by Crippen LogP contribution is -1.98. The first-order chi connectivity index (χ1) is 8.19. The molecule has 0 saturated carbocycles. The fourth-order valence-corrected chi connectivity index (χ4v) is 1.49. The Bertz CT molecular complexity index is 514. The Balaban J connectivity index is 2.31. The van der Waals surface area contributed by atoms with E-state index in [1.807, 2.05) is 0 Å². The number of ether oxygens (including phenoxy) is 1. The summed E-state index contributed by atoms with van der Waals surface area (Å²) in [7, 11) is 0. The number of aliphatic hydroxyl groups excluding tert-OH is 1. The van der Waals surface area contributed by atoms with Gasteiger partial charge in [0.15, 0.2) is 0 Å². The normalized spacial score (nSPS) is 10.2. The Morgan fingerprint density at radius 2 is 2.06 bits per heavy atom. The number of halogens is 1. The van der Waals surface area contributed by atoms with Gasteiger partial charge in [-0.25, -0.2) is 4.98 Å². The van der Waals surface area contributed by atoms with Gasteiger partial charge in [0.1, 0.15) is 10.9 Å². The number of para-hydroxylation sites is 1. The number of hydrogen-bond donors (Lipinski definition) is 2. The van der Waals surface area contributed by atoms with E-state index in [4.69, 9.17) is 27.2 Å². The van der Waals surface area contributed by atoms with Gasteiger partial charge in [0.25, 0.3) is 0 Å². The molecular weight excluding hydrogens is 242 g/mol. The summed E-state index contributed by atoms with van der Waals surface area (Å²) in [5.74, 6) is 0.779. The molecule has 0 radical (unpaired) electrons. The molecule has 0 fully saturated rings. The molecule has 3 N–H and O–H groups in total. The number of nitrogen functional groups attached to an aromatic ring is 1. The highest BCUT2D eigenvalue weighted by atomic mass is 35.5. The number of nitrogens with zero attached hydrogens (tertiary/aromatic N) is 2. The first-order valence-electron chi connectivity index (χ1n) is 4.85. The summed E-state index contributed by atoms with van der Waals surface area (Å²) in [5.41, 5.74) is 6.10. The molecule has 0 saturated heterocycles. The minimum atomic E-state index is -0.121. The molecule has 1 heterocycles. The van der Waals surface area contributed by atoms with Crippen LogP contribution in [0.15, 0.2) is 30.3 Å². The van der Waals surface area contributed by atoms with Crippen molar-refractivity contribution >= 4 is 17.5 Å². The molecule has 88 valence electrons. The molecule has 0 aliphatic carbocycles. The SMILES string of the molecule is Nc1nc(Cl)cc(Oc2ccccc2CO)n1. The summed E-state index contributed by atoms with van der Waals surface area (Å²) in [6, 6.07) is 8.52. The van der Waals surface area contributed by atoms with E-state index in [0.717, 1.165) is 0 Å². The van der Waals surface area contributed by atoms with E-state index in [1.165, 1.54) is 6.07 Å². The largest absolute Gasteiger partial charge is 0.438 e. The molecule has 0 aliphatic heterocycles. The molecule has 0 amide bonds. The molecule has 0 bridgehead atoms. The van der Waals surface area contributed by atoms with E-state index in [2.05, 4.69) is 9.97 Å². The van der Waals surface area contributed by atoms with Crippen molar-refractivity contribution in [1.29, 1.82) is 0 Å². The van der Waals surface area contributed by atoms with Crippen LogP contribution in [-0.2, 0) is 6.61 Å². The molecule has 0 unspecified atom stereocenters. The second-order valence-electron chi connectivity index (χ2n) is 3.26. The third-order valence-electron chi connectivity index (χ3n) is 2.05. The maximum absolute atomic E-state index is 9.14. The minimum Gasteiger partial charge on any atom is -0.438 e. The van der Waals surface area contributed by atoms with Crippen LogP contribution in [0.25, 0.3) is 0 Å². The number of aliphatic hydroxyl groups is 1. The quantitative estimate of drug-likeness (QED) is 0.816. The first kappa shape index (κ1) is 11.6. The Hall–Kier alpha value is -1.85. The lowest BCUT2D eigenvalue weighted by molar-refractivity contribution is 0.276. The Morgan fingerprint density at radius 3 is 2.76 bits per heavy atom. The number of benzene rings is 1. The zero-order valence-corrected chi connectivity index (χ0v) is 9.55. The van der Waals surface area contributed by atoms with Crippen LogP contribution in [0.1, 0.15) is 5.56 Å². The fourth-order valence-electron chi connectivity index (χ4n) is 1.31. The van der Waals surface area contributed by atoms with Crippen molar-refractivity contribution in [3.63, 3.8) is 0 Å². The highest BCUT2D eigenvalue weighted by Gasteiger charge is 2.06. The van der Waals surface area contributed by atoms with Gasteiger partial charge < -0.3 is 15.6 Å². The van der Waals surface area contributed by atoms with Gasteiger partial charge in [0.05, 0.1) is 6.61 Å². The summed E-state index contributed by atoms with van der Waals surface area (Å²) in [4.78, 5) is 7.60. The monoisotopic (exact) mass is 251 g/mol. The molecular formula is C11H10ClN3O2. The number of aromatic nitrogens is 2. The molecule has 0 aliphatic rings. The molecule has 5 nitrogen and oxygen atoms in total. The summed E-state index contributed by atoms with van der Waals surface area (Å²) in [6.45, 7) is -0.121. The molecule has 2 rings (SSSR count). The van der Waals surface area contributed by atoms with Crippen LogP contribution in [0.3, 0.4) is 0 Å². The van der Waals surface area contributed by atoms with Crippen molar-refractivity contribution in [2.45, 2.75) is 6.61 Å². The second kappa shape index (κ2) is 4.99. The minimum absolute atomic E-state index is 0.0361. The highest BCUT2D eigenvalue weighted by molar-refractivity contribution is 6.29. The number of rotatable bonds is 3. The average molecular weight is 252 g/mol. The van der Waals surface area contributed by atoms with Crippen molar-refractivity contribution < 1.29 is 9.84 Å². The van der Waals surface area contributed by atoms with E-state index in [0.29, 0.717) is 11.3 Å². The topological polar surface area (TPSA) is 81.3 Å². The van der Waals surface area contributed by atoms with Gasteiger partial charge in [0.2, 0.25) is 11.8 Å². The van der Waals surface area contributed by atoms with Gasteiger partial charge >= 0.3 is 0 Å². The van der Waals surface area contributed by atoms with Crippen LogP contribution in [-0.4, -0.2) is 15.1 Å². The van der Waals surface area contributed by atoms with Crippen LogP contribution in [0.5, 0.6) is 11.6 Å². The Labute approximate surface area is 103 Å². The van der Waals surface area contributed by atoms with E-state index in [9.17, 15) is 0 Å². The summed E-state index contributed by atoms with van der Waals surface area (Å²) in [5, 5.41) is 9.34. The molecule has 1 aromatic carbocycles. The zero-order chi connectivity index (χ0) is 12.3. The van der Waals surface area contributed by atoms with E-state index < -0.39 is 0 Å². The highest BCUT2D eigenvalue weighted by Crippen LogP contribution is 2.25. The van der Waals surface area contributed by atoms with E-state index in [-0.39, 0.29) is 23.6 Å². The summed E-state index contributed by atoms with van der Waals surface area (Å²) in [6.07, 6.45) is 0. The maximum atomic E-state index is 9.14. The lowest BCUT2D eigenvalue weighted by atomic mass is 10.2. The fraction of sp³-hybridized carbons (Fsp3) is 0.0909. The number of anilines is 1. The van der Waals surface area contributed by atoms with Gasteiger partial charge in [-0.15, -0.1) is 0 Å². The van der Waals surface area contributed by atoms with E-state index in [1.54, 1.807) is 24.3 Å². The zero-order valence-electron chi connectivity index (χ0n) is 8.80. The van der Waals surface area contributed by atoms with Gasteiger partial charge in [-0.2, -0.15) is 4.98 Å². The van der Waals surface area contributed by atoms with Crippen LogP contribution in [0.2, 0.25) is 5.15 Å². The van der Waals surface area contributed by atoms with Crippen molar-refractivity contribution in [3.05, 3.63) is 41.0 Å². The molecule has 6 heteroatoms. The molecule has 0 spiro atoms. The maximum Gasteiger partial charge on any atom is 0.225 e. The molecule has 1 aromatic heterocycles. The van der Waals surface area contributed by atoms with Gasteiger partial charge in [-0.3, -0.25) is 0 Å². The predicted molar refractivity (Wildman–Crippen MR) is 63.9 cm³/mol. The van der Waals surface area contributed by atoms with Crippen molar-refractivity contribution in [2.24, 2.45) is 0 Å². The van der Waals surface area contributed by atoms with E-state index >= 15 is 0 Å². The average Bonchev–Trinajstić information content (AvgIpc) is 2.28. The second-order valence-corrected chi connectivity index (χ2v) is 3.64. The molecule has 17 heavy (non-hydrogen) atoms. The number of nitrogens with two attached hydrogens (primary N) is 1. The van der Waals surface area contributed by atoms with Crippen LogP contribution >= 0.6 is 11.6 Å². The van der Waals surface area contributed by atoms with Gasteiger partial charge in [-0.1, -0.05) is 29.8 Å². The summed E-state index contributed by atoms with van der Waals surface area (Å²) >= 11 is 5.73. The van der Waals surface area contributed by atoms with Gasteiger partial charge in [-0.05, 0) is 6.07 Å². The summed E-state index contributed by atoms with van der Waals surface area (Å²) < 4.78 is 5.49. The van der Waals surface area contributed by atoms with Crippen LogP contribution in [0.4, 0.5) is 5.95 Å².